The predicted octanol–water partition coefficient (Wildman–Crippen LogP) is 8.07. The molecular formula is C38H59BN2O8P2Si2. The van der Waals surface area contributed by atoms with E-state index in [0.717, 1.165) is 0 Å². The van der Waals surface area contributed by atoms with Crippen molar-refractivity contribution in [2.24, 2.45) is 0 Å². The van der Waals surface area contributed by atoms with Crippen LogP contribution >= 0.6 is 16.2 Å². The van der Waals surface area contributed by atoms with Crippen LogP contribution in [0.1, 0.15) is 62.7 Å². The molecule has 6 atom stereocenters. The van der Waals surface area contributed by atoms with E-state index in [4.69, 9.17) is 45.5 Å². The Morgan fingerprint density at radius 2 is 1.49 bits per heavy atom. The first-order valence-corrected chi connectivity index (χ1v) is 25.9. The van der Waals surface area contributed by atoms with E-state index in [1.54, 1.807) is 0 Å². The highest BCUT2D eigenvalue weighted by atomic mass is 31.2. The Kier molecular flexibility index (Phi) is 16.2. The Hall–Kier alpha value is -1.67. The lowest BCUT2D eigenvalue weighted by molar-refractivity contribution is -0.0806. The van der Waals surface area contributed by atoms with Crippen molar-refractivity contribution in [2.45, 2.75) is 114 Å². The molecule has 0 amide bonds. The molecule has 53 heavy (non-hydrogen) atoms. The van der Waals surface area contributed by atoms with E-state index in [-0.39, 0.29) is 56.2 Å². The number of nitriles is 2. The fourth-order valence-electron chi connectivity index (χ4n) is 6.43. The van der Waals surface area contributed by atoms with Crippen LogP contribution in [0.2, 0.25) is 29.2 Å². The molecule has 0 saturated carbocycles. The predicted molar refractivity (Wildman–Crippen MR) is 221 cm³/mol. The van der Waals surface area contributed by atoms with Crippen molar-refractivity contribution in [1.29, 1.82) is 10.5 Å². The number of benzene rings is 2. The largest absolute Gasteiger partial charge is 0.409 e. The lowest BCUT2D eigenvalue weighted by Crippen LogP contribution is -2.69. The smallest absolute Gasteiger partial charge is 0.332 e. The van der Waals surface area contributed by atoms with Gasteiger partial charge in [-0.3, -0.25) is 0 Å². The van der Waals surface area contributed by atoms with Crippen LogP contribution in [0, 0.1) is 22.7 Å². The van der Waals surface area contributed by atoms with Crippen molar-refractivity contribution >= 4 is 57.1 Å². The molecule has 3 unspecified atom stereocenters. The molecule has 0 aliphatic carbocycles. The quantitative estimate of drug-likeness (QED) is 0.0739. The maximum Gasteiger partial charge on any atom is 0.332 e. The lowest BCUT2D eigenvalue weighted by atomic mass is 9.90. The van der Waals surface area contributed by atoms with Gasteiger partial charge in [0.2, 0.25) is 0 Å². The van der Waals surface area contributed by atoms with Gasteiger partial charge in [0.15, 0.2) is 8.32 Å². The summed E-state index contributed by atoms with van der Waals surface area (Å²) in [5, 5.41) is 20.4. The highest BCUT2D eigenvalue weighted by molar-refractivity contribution is 7.59. The molecule has 1 saturated heterocycles. The molecular weight excluding hydrogens is 741 g/mol. The van der Waals surface area contributed by atoms with Crippen molar-refractivity contribution in [3.05, 3.63) is 60.7 Å². The second kappa shape index (κ2) is 19.5. The molecule has 2 radical (unpaired) electrons. The van der Waals surface area contributed by atoms with Crippen molar-refractivity contribution in [3.8, 4) is 12.1 Å². The van der Waals surface area contributed by atoms with Gasteiger partial charge < -0.3 is 36.3 Å². The summed E-state index contributed by atoms with van der Waals surface area (Å²) in [5.74, 6) is 0. The fraction of sp³-hybridized carbons (Fsp3) is 0.605. The standard InChI is InChI=1S/C38H59BN2O8P2Si2/c1-12-43-50(44-27-19-25-40)45-29-38(30-53(37(5,6)7,31-21-15-13-16-22-31)32-23-17-14-18-24-32)34(48-51(9,42-8)46-28-20-26-41)33(35(39)47-38)49-52(10,11)36(2,3)4/h13-18,21-24,33-35H,9,12,19-20,27-30H2,1-8,10-11H3/t33?,34-,35-,38-,50?,51?/m1/s1/i1D. The van der Waals surface area contributed by atoms with Gasteiger partial charge in [-0.15, -0.1) is 0 Å². The second-order valence-electron chi connectivity index (χ2n) is 15.7. The van der Waals surface area contributed by atoms with Gasteiger partial charge in [-0.2, -0.15) is 10.5 Å². The molecule has 0 aromatic heterocycles. The van der Waals surface area contributed by atoms with Crippen LogP contribution in [-0.2, 0) is 36.3 Å². The van der Waals surface area contributed by atoms with Gasteiger partial charge in [-0.25, -0.2) is 0 Å². The van der Waals surface area contributed by atoms with E-state index in [1.165, 1.54) is 17.5 Å². The van der Waals surface area contributed by atoms with E-state index < -0.39 is 56.4 Å². The third-order valence-electron chi connectivity index (χ3n) is 10.2. The lowest BCUT2D eigenvalue weighted by Gasteiger charge is -2.50. The van der Waals surface area contributed by atoms with Crippen LogP contribution in [0.4, 0.5) is 0 Å². The number of hydrogen-bond donors (Lipinski definition) is 0. The van der Waals surface area contributed by atoms with Crippen LogP contribution in [0.15, 0.2) is 60.7 Å². The maximum absolute atomic E-state index is 9.33. The van der Waals surface area contributed by atoms with Gasteiger partial charge in [0.25, 0.3) is 7.57 Å². The van der Waals surface area contributed by atoms with Crippen molar-refractivity contribution in [1.82, 2.24) is 0 Å². The summed E-state index contributed by atoms with van der Waals surface area (Å²) in [5.41, 5.74) is -1.33. The molecule has 15 heteroatoms. The summed E-state index contributed by atoms with van der Waals surface area (Å²) >= 11 is 0. The van der Waals surface area contributed by atoms with Crippen LogP contribution < -0.4 is 10.4 Å². The molecule has 2 aromatic rings. The average Bonchev–Trinajstić information content (AvgIpc) is 3.36. The highest BCUT2D eigenvalue weighted by Gasteiger charge is 2.63. The van der Waals surface area contributed by atoms with Crippen molar-refractivity contribution in [2.75, 3.05) is 33.5 Å². The first-order valence-electron chi connectivity index (χ1n) is 18.6. The molecule has 290 valence electrons. The zero-order chi connectivity index (χ0) is 40.3. The van der Waals surface area contributed by atoms with Crippen molar-refractivity contribution in [3.63, 3.8) is 0 Å². The average molecular weight is 802 g/mol. The van der Waals surface area contributed by atoms with E-state index in [2.05, 4.69) is 122 Å². The SMILES string of the molecule is [2H]CCOP(OCCC#N)OC[C@]1(C[Si](c2ccccc2)(c2ccccc2)C(C)(C)C)O[C@@H]([B])C(O[Si](C)(C)C(C)(C)C)[C@H]1OP(=C)(OC)OCCC#N. The van der Waals surface area contributed by atoms with Crippen LogP contribution in [-0.4, -0.2) is 87.9 Å². The molecule has 0 bridgehead atoms. The maximum atomic E-state index is 9.33. The summed E-state index contributed by atoms with van der Waals surface area (Å²) in [6.07, 6.45) is 2.82. The summed E-state index contributed by atoms with van der Waals surface area (Å²) in [6, 6.07) is 24.6. The van der Waals surface area contributed by atoms with Gasteiger partial charge in [-0.05, 0) is 42.4 Å². The zero-order valence-electron chi connectivity index (χ0n) is 34.0. The van der Waals surface area contributed by atoms with E-state index in [9.17, 15) is 10.5 Å². The normalized spacial score (nSPS) is 23.1. The number of ether oxygens (including phenoxy) is 1. The summed E-state index contributed by atoms with van der Waals surface area (Å²) in [4.78, 5) is 0. The Labute approximate surface area is 324 Å². The van der Waals surface area contributed by atoms with Gasteiger partial charge >= 0.3 is 8.60 Å². The van der Waals surface area contributed by atoms with E-state index in [1.807, 2.05) is 12.1 Å². The first kappa shape index (κ1) is 44.0. The first-order chi connectivity index (χ1) is 25.3. The monoisotopic (exact) mass is 801 g/mol. The molecule has 0 N–H and O–H groups in total. The van der Waals surface area contributed by atoms with Gasteiger partial charge in [0, 0.05) is 14.5 Å². The van der Waals surface area contributed by atoms with Crippen LogP contribution in [0.25, 0.3) is 0 Å². The number of hydrogen-bond acceptors (Lipinski definition) is 10. The minimum atomic E-state index is -3.38. The number of rotatable bonds is 20. The molecule has 1 heterocycles. The minimum absolute atomic E-state index is 0.00503. The zero-order valence-corrected chi connectivity index (χ0v) is 36.8. The van der Waals surface area contributed by atoms with E-state index >= 15 is 0 Å². The fourth-order valence-corrected chi connectivity index (χ4v) is 15.7. The van der Waals surface area contributed by atoms with Gasteiger partial charge in [-0.1, -0.05) is 113 Å². The summed E-state index contributed by atoms with van der Waals surface area (Å²) in [6.45, 7) is 17.6. The molecule has 1 aliphatic rings. The molecule has 2 aromatic carbocycles. The van der Waals surface area contributed by atoms with E-state index in [0.29, 0.717) is 6.04 Å². The molecule has 3 rings (SSSR count). The van der Waals surface area contributed by atoms with Crippen LogP contribution in [0.5, 0.6) is 0 Å². The Balaban J connectivity index is 2.39. The Morgan fingerprint density at radius 3 is 1.98 bits per heavy atom. The Morgan fingerprint density at radius 1 is 0.925 bits per heavy atom. The molecule has 1 aliphatic heterocycles. The molecule has 10 nitrogen and oxygen atoms in total. The Bertz CT molecular complexity index is 1550. The third-order valence-corrected chi connectivity index (χ3v) is 23.8. The number of nitrogens with zero attached hydrogens (tertiary/aromatic N) is 2. The third kappa shape index (κ3) is 11.2. The summed E-state index contributed by atoms with van der Waals surface area (Å²) in [7, 11) is -2.37. The summed E-state index contributed by atoms with van der Waals surface area (Å²) < 4.78 is 59.5. The van der Waals surface area contributed by atoms with Gasteiger partial charge in [0.05, 0.1) is 57.5 Å². The topological polar surface area (TPSA) is 121 Å². The molecule has 1 fully saturated rings. The van der Waals surface area contributed by atoms with Crippen LogP contribution in [0.3, 0.4) is 0 Å². The highest BCUT2D eigenvalue weighted by Crippen LogP contribution is 2.57. The minimum Gasteiger partial charge on any atom is -0.409 e. The second-order valence-corrected chi connectivity index (χ2v) is 28.5. The molecule has 0 spiro atoms. The van der Waals surface area contributed by atoms with Gasteiger partial charge in [0.1, 0.15) is 27.6 Å². The van der Waals surface area contributed by atoms with Crippen molar-refractivity contribution < 1.29 is 37.7 Å².